The second kappa shape index (κ2) is 6.85. The number of nitrogens with zero attached hydrogens (tertiary/aromatic N) is 3. The van der Waals surface area contributed by atoms with Crippen LogP contribution in [0.1, 0.15) is 16.1 Å². The minimum atomic E-state index is -0.104. The number of aromatic nitrogens is 2. The van der Waals surface area contributed by atoms with Gasteiger partial charge in [0.05, 0.1) is 18.9 Å². The molecule has 1 fully saturated rings. The maximum atomic E-state index is 12.4. The molecule has 0 spiro atoms. The van der Waals surface area contributed by atoms with E-state index in [2.05, 4.69) is 9.97 Å². The van der Waals surface area contributed by atoms with Gasteiger partial charge in [-0.05, 0) is 17.7 Å². The molecule has 114 valence electrons. The van der Waals surface area contributed by atoms with E-state index in [0.717, 1.165) is 12.0 Å². The van der Waals surface area contributed by atoms with Crippen LogP contribution in [0.2, 0.25) is 5.02 Å². The van der Waals surface area contributed by atoms with Crippen LogP contribution in [-0.4, -0.2) is 46.6 Å². The Morgan fingerprint density at radius 3 is 3.09 bits per heavy atom. The number of morpholine rings is 1. The third kappa shape index (κ3) is 3.61. The fourth-order valence-corrected chi connectivity index (χ4v) is 2.74. The Balaban J connectivity index is 1.65. The van der Waals surface area contributed by atoms with Gasteiger partial charge in [0, 0.05) is 36.9 Å². The SMILES string of the molecule is O=C(c1cnccn1)N1CCO[C@@H](Cc2cccc(Cl)c2)C1. The molecule has 1 saturated heterocycles. The van der Waals surface area contributed by atoms with Crippen molar-refractivity contribution in [2.45, 2.75) is 12.5 Å². The zero-order chi connectivity index (χ0) is 15.4. The zero-order valence-electron chi connectivity index (χ0n) is 12.0. The van der Waals surface area contributed by atoms with Crippen LogP contribution in [0.5, 0.6) is 0 Å². The quantitative estimate of drug-likeness (QED) is 0.871. The lowest BCUT2D eigenvalue weighted by molar-refractivity contribution is -0.0210. The van der Waals surface area contributed by atoms with E-state index in [1.807, 2.05) is 24.3 Å². The fraction of sp³-hybridized carbons (Fsp3) is 0.312. The molecule has 6 heteroatoms. The molecule has 3 rings (SSSR count). The van der Waals surface area contributed by atoms with Crippen molar-refractivity contribution in [3.63, 3.8) is 0 Å². The Morgan fingerprint density at radius 1 is 1.41 bits per heavy atom. The fourth-order valence-electron chi connectivity index (χ4n) is 2.53. The van der Waals surface area contributed by atoms with Crippen LogP contribution in [0.15, 0.2) is 42.9 Å². The van der Waals surface area contributed by atoms with Crippen LogP contribution in [0.4, 0.5) is 0 Å². The molecule has 0 N–H and O–H groups in total. The number of halogens is 1. The Labute approximate surface area is 133 Å². The zero-order valence-corrected chi connectivity index (χ0v) is 12.7. The summed E-state index contributed by atoms with van der Waals surface area (Å²) in [6.45, 7) is 1.64. The van der Waals surface area contributed by atoms with Crippen molar-refractivity contribution in [1.82, 2.24) is 14.9 Å². The number of carbonyl (C=O) groups excluding carboxylic acids is 1. The molecule has 0 unspecified atom stereocenters. The van der Waals surface area contributed by atoms with E-state index in [0.29, 0.717) is 30.4 Å². The lowest BCUT2D eigenvalue weighted by Gasteiger charge is -2.32. The lowest BCUT2D eigenvalue weighted by atomic mass is 10.1. The van der Waals surface area contributed by atoms with E-state index < -0.39 is 0 Å². The number of ether oxygens (including phenoxy) is 1. The molecular formula is C16H16ClN3O2. The highest BCUT2D eigenvalue weighted by Crippen LogP contribution is 2.16. The van der Waals surface area contributed by atoms with Crippen LogP contribution >= 0.6 is 11.6 Å². The van der Waals surface area contributed by atoms with Gasteiger partial charge in [-0.25, -0.2) is 4.98 Å². The second-order valence-corrected chi connectivity index (χ2v) is 5.61. The van der Waals surface area contributed by atoms with Gasteiger partial charge in [-0.15, -0.1) is 0 Å². The number of carbonyl (C=O) groups is 1. The summed E-state index contributed by atoms with van der Waals surface area (Å²) < 4.78 is 5.77. The first kappa shape index (κ1) is 14.9. The van der Waals surface area contributed by atoms with Crippen LogP contribution < -0.4 is 0 Å². The average molecular weight is 318 g/mol. The van der Waals surface area contributed by atoms with Crippen molar-refractivity contribution in [1.29, 1.82) is 0 Å². The van der Waals surface area contributed by atoms with Crippen molar-refractivity contribution in [3.05, 3.63) is 59.1 Å². The number of hydrogen-bond donors (Lipinski definition) is 0. The van der Waals surface area contributed by atoms with Crippen molar-refractivity contribution in [2.75, 3.05) is 19.7 Å². The molecule has 0 radical (unpaired) electrons. The standard InChI is InChI=1S/C16H16ClN3O2/c17-13-3-1-2-12(8-13)9-14-11-20(6-7-22-14)16(21)15-10-18-4-5-19-15/h1-5,8,10,14H,6-7,9,11H2/t14-/m0/s1. The molecule has 0 aliphatic carbocycles. The Kier molecular flexibility index (Phi) is 4.65. The molecule has 1 aliphatic heterocycles. The smallest absolute Gasteiger partial charge is 0.274 e. The van der Waals surface area contributed by atoms with E-state index in [1.165, 1.54) is 12.4 Å². The lowest BCUT2D eigenvalue weighted by Crippen LogP contribution is -2.46. The first-order chi connectivity index (χ1) is 10.7. The van der Waals surface area contributed by atoms with Gasteiger partial charge in [0.15, 0.2) is 0 Å². The summed E-state index contributed by atoms with van der Waals surface area (Å²) in [4.78, 5) is 22.2. The largest absolute Gasteiger partial charge is 0.374 e. The number of benzene rings is 1. The third-order valence-corrected chi connectivity index (χ3v) is 3.80. The van der Waals surface area contributed by atoms with Crippen molar-refractivity contribution in [3.8, 4) is 0 Å². The summed E-state index contributed by atoms with van der Waals surface area (Å²) in [5.74, 6) is -0.104. The van der Waals surface area contributed by atoms with Crippen molar-refractivity contribution >= 4 is 17.5 Å². The molecule has 22 heavy (non-hydrogen) atoms. The maximum absolute atomic E-state index is 12.4. The maximum Gasteiger partial charge on any atom is 0.274 e. The molecule has 1 aliphatic rings. The molecule has 1 aromatic heterocycles. The first-order valence-electron chi connectivity index (χ1n) is 7.14. The highest BCUT2D eigenvalue weighted by Gasteiger charge is 2.26. The first-order valence-corrected chi connectivity index (χ1v) is 7.51. The molecule has 1 amide bonds. The summed E-state index contributed by atoms with van der Waals surface area (Å²) in [7, 11) is 0. The second-order valence-electron chi connectivity index (χ2n) is 5.17. The van der Waals surface area contributed by atoms with Gasteiger partial charge in [-0.2, -0.15) is 0 Å². The normalized spacial score (nSPS) is 18.2. The summed E-state index contributed by atoms with van der Waals surface area (Å²) >= 11 is 6.00. The average Bonchev–Trinajstić information content (AvgIpc) is 2.55. The van der Waals surface area contributed by atoms with E-state index in [4.69, 9.17) is 16.3 Å². The molecule has 1 atom stereocenters. The van der Waals surface area contributed by atoms with E-state index in [1.54, 1.807) is 11.1 Å². The van der Waals surface area contributed by atoms with Gasteiger partial charge in [-0.3, -0.25) is 9.78 Å². The van der Waals surface area contributed by atoms with E-state index >= 15 is 0 Å². The Hall–Kier alpha value is -1.98. The van der Waals surface area contributed by atoms with Gasteiger partial charge >= 0.3 is 0 Å². The van der Waals surface area contributed by atoms with Crippen LogP contribution in [-0.2, 0) is 11.2 Å². The summed E-state index contributed by atoms with van der Waals surface area (Å²) in [5, 5.41) is 0.709. The van der Waals surface area contributed by atoms with Crippen LogP contribution in [0.25, 0.3) is 0 Å². The number of rotatable bonds is 3. The summed E-state index contributed by atoms with van der Waals surface area (Å²) in [5.41, 5.74) is 1.47. The van der Waals surface area contributed by atoms with Crippen LogP contribution in [0.3, 0.4) is 0 Å². The van der Waals surface area contributed by atoms with Gasteiger partial charge in [-0.1, -0.05) is 23.7 Å². The third-order valence-electron chi connectivity index (χ3n) is 3.56. The predicted octanol–water partition coefficient (Wildman–Crippen LogP) is 2.21. The van der Waals surface area contributed by atoms with Gasteiger partial charge < -0.3 is 9.64 Å². The van der Waals surface area contributed by atoms with Crippen molar-refractivity contribution < 1.29 is 9.53 Å². The Morgan fingerprint density at radius 2 is 2.32 bits per heavy atom. The molecule has 1 aromatic carbocycles. The minimum Gasteiger partial charge on any atom is -0.374 e. The molecule has 0 bridgehead atoms. The van der Waals surface area contributed by atoms with Crippen LogP contribution in [0, 0.1) is 0 Å². The molecule has 5 nitrogen and oxygen atoms in total. The molecule has 2 heterocycles. The minimum absolute atomic E-state index is 0.0344. The number of amides is 1. The monoisotopic (exact) mass is 317 g/mol. The number of hydrogen-bond acceptors (Lipinski definition) is 4. The Bertz CT molecular complexity index is 651. The van der Waals surface area contributed by atoms with Gasteiger partial charge in [0.25, 0.3) is 5.91 Å². The van der Waals surface area contributed by atoms with E-state index in [9.17, 15) is 4.79 Å². The van der Waals surface area contributed by atoms with Gasteiger partial charge in [0.1, 0.15) is 5.69 Å². The molecular weight excluding hydrogens is 302 g/mol. The van der Waals surface area contributed by atoms with E-state index in [-0.39, 0.29) is 12.0 Å². The summed E-state index contributed by atoms with van der Waals surface area (Å²) in [6.07, 6.45) is 5.26. The molecule has 2 aromatic rings. The highest BCUT2D eigenvalue weighted by atomic mass is 35.5. The highest BCUT2D eigenvalue weighted by molar-refractivity contribution is 6.30. The predicted molar refractivity (Wildman–Crippen MR) is 82.8 cm³/mol. The molecule has 0 saturated carbocycles. The topological polar surface area (TPSA) is 55.3 Å². The summed E-state index contributed by atoms with van der Waals surface area (Å²) in [6, 6.07) is 7.70. The van der Waals surface area contributed by atoms with Gasteiger partial charge in [0.2, 0.25) is 0 Å². The van der Waals surface area contributed by atoms with Crippen molar-refractivity contribution in [2.24, 2.45) is 0 Å².